The van der Waals surface area contributed by atoms with E-state index in [1.807, 2.05) is 18.2 Å². The van der Waals surface area contributed by atoms with E-state index in [4.69, 9.17) is 9.47 Å². The smallest absolute Gasteiger partial charge is 0.164 e. The first-order valence-electron chi connectivity index (χ1n) is 5.57. The molecule has 4 nitrogen and oxygen atoms in total. The lowest BCUT2D eigenvalue weighted by atomic mass is 9.88. The number of hydrogen-bond donors (Lipinski definition) is 2. The van der Waals surface area contributed by atoms with Crippen LogP contribution < -0.4 is 14.8 Å². The van der Waals surface area contributed by atoms with Crippen molar-refractivity contribution >= 4 is 0 Å². The van der Waals surface area contributed by atoms with Crippen LogP contribution in [0.3, 0.4) is 0 Å². The van der Waals surface area contributed by atoms with Gasteiger partial charge in [-0.15, -0.1) is 0 Å². The summed E-state index contributed by atoms with van der Waals surface area (Å²) >= 11 is 0. The molecule has 2 aliphatic heterocycles. The van der Waals surface area contributed by atoms with E-state index in [9.17, 15) is 5.11 Å². The monoisotopic (exact) mass is 221 g/mol. The molecule has 0 radical (unpaired) electrons. The molecule has 0 atom stereocenters. The van der Waals surface area contributed by atoms with Crippen LogP contribution in [0.25, 0.3) is 0 Å². The van der Waals surface area contributed by atoms with Gasteiger partial charge in [-0.1, -0.05) is 12.1 Å². The third-order valence-electron chi connectivity index (χ3n) is 3.08. The van der Waals surface area contributed by atoms with Gasteiger partial charge >= 0.3 is 0 Å². The number of nitrogens with one attached hydrogen (secondary N) is 1. The van der Waals surface area contributed by atoms with Gasteiger partial charge in [0.1, 0.15) is 13.2 Å². The Hall–Kier alpha value is -1.26. The van der Waals surface area contributed by atoms with Crippen molar-refractivity contribution in [2.45, 2.75) is 12.0 Å². The Morgan fingerprint density at radius 1 is 1.25 bits per heavy atom. The van der Waals surface area contributed by atoms with Gasteiger partial charge in [-0.25, -0.2) is 0 Å². The second-order valence-electron chi connectivity index (χ2n) is 4.45. The zero-order valence-corrected chi connectivity index (χ0v) is 9.03. The van der Waals surface area contributed by atoms with Crippen LogP contribution in [-0.4, -0.2) is 37.0 Å². The van der Waals surface area contributed by atoms with Gasteiger partial charge in [0.15, 0.2) is 11.5 Å². The molecule has 1 aromatic carbocycles. The number of rotatable bonds is 2. The number of fused-ring (bicyclic) bond motifs is 1. The molecule has 2 heterocycles. The van der Waals surface area contributed by atoms with Crippen molar-refractivity contribution in [1.29, 1.82) is 0 Å². The summed E-state index contributed by atoms with van der Waals surface area (Å²) in [4.78, 5) is 0. The van der Waals surface area contributed by atoms with Crippen molar-refractivity contribution in [3.05, 3.63) is 23.8 Å². The molecule has 0 spiro atoms. The van der Waals surface area contributed by atoms with Crippen molar-refractivity contribution in [1.82, 2.24) is 5.32 Å². The molecule has 3 rings (SSSR count). The fraction of sp³-hybridized carbons (Fsp3) is 0.500. The molecule has 0 saturated carbocycles. The number of β-amino-alcohol motifs (C(OH)–C–C–N with tert-alkyl or cyclic N) is 1. The maximum atomic E-state index is 10.1. The van der Waals surface area contributed by atoms with Crippen LogP contribution in [0.4, 0.5) is 0 Å². The average Bonchev–Trinajstić information content (AvgIpc) is 2.27. The number of aliphatic hydroxyl groups is 1. The molecule has 0 aromatic heterocycles. The predicted octanol–water partition coefficient (Wildman–Crippen LogP) is 0.335. The SMILES string of the molecule is OC1(Cc2cccc3c2OCCO3)CNC1. The highest BCUT2D eigenvalue weighted by atomic mass is 16.6. The van der Waals surface area contributed by atoms with Gasteiger partial charge in [0.25, 0.3) is 0 Å². The van der Waals surface area contributed by atoms with Crippen molar-refractivity contribution in [3.63, 3.8) is 0 Å². The summed E-state index contributed by atoms with van der Waals surface area (Å²) in [5.74, 6) is 1.59. The molecule has 0 amide bonds. The van der Waals surface area contributed by atoms with Crippen LogP contribution >= 0.6 is 0 Å². The van der Waals surface area contributed by atoms with E-state index < -0.39 is 5.60 Å². The van der Waals surface area contributed by atoms with Crippen LogP contribution in [0, 0.1) is 0 Å². The Kier molecular flexibility index (Phi) is 2.26. The maximum Gasteiger partial charge on any atom is 0.164 e. The average molecular weight is 221 g/mol. The van der Waals surface area contributed by atoms with Gasteiger partial charge in [-0.2, -0.15) is 0 Å². The summed E-state index contributed by atoms with van der Waals surface area (Å²) in [7, 11) is 0. The Labute approximate surface area is 94.2 Å². The quantitative estimate of drug-likeness (QED) is 0.756. The third-order valence-corrected chi connectivity index (χ3v) is 3.08. The van der Waals surface area contributed by atoms with Crippen LogP contribution in [-0.2, 0) is 6.42 Å². The van der Waals surface area contributed by atoms with Crippen LogP contribution in [0.1, 0.15) is 5.56 Å². The van der Waals surface area contributed by atoms with Gasteiger partial charge in [-0.3, -0.25) is 0 Å². The topological polar surface area (TPSA) is 50.7 Å². The van der Waals surface area contributed by atoms with Crippen molar-refractivity contribution in [2.75, 3.05) is 26.3 Å². The molecule has 16 heavy (non-hydrogen) atoms. The van der Waals surface area contributed by atoms with E-state index in [1.165, 1.54) is 0 Å². The molecule has 2 N–H and O–H groups in total. The highest BCUT2D eigenvalue weighted by molar-refractivity contribution is 5.48. The van der Waals surface area contributed by atoms with Crippen molar-refractivity contribution in [2.24, 2.45) is 0 Å². The second kappa shape index (κ2) is 3.64. The number of para-hydroxylation sites is 1. The lowest BCUT2D eigenvalue weighted by Gasteiger charge is -2.38. The fourth-order valence-corrected chi connectivity index (χ4v) is 2.17. The lowest BCUT2D eigenvalue weighted by Crippen LogP contribution is -2.60. The number of benzene rings is 1. The van der Waals surface area contributed by atoms with Gasteiger partial charge < -0.3 is 19.9 Å². The first kappa shape index (κ1) is 9.93. The Morgan fingerprint density at radius 2 is 2.06 bits per heavy atom. The summed E-state index contributed by atoms with van der Waals surface area (Å²) < 4.78 is 11.1. The molecule has 1 fully saturated rings. The molecule has 1 aromatic rings. The predicted molar refractivity (Wildman–Crippen MR) is 59.0 cm³/mol. The highest BCUT2D eigenvalue weighted by Crippen LogP contribution is 2.35. The zero-order valence-electron chi connectivity index (χ0n) is 9.03. The third kappa shape index (κ3) is 1.64. The Morgan fingerprint density at radius 3 is 2.81 bits per heavy atom. The minimum Gasteiger partial charge on any atom is -0.486 e. The summed E-state index contributed by atoms with van der Waals surface area (Å²) in [6, 6.07) is 5.84. The van der Waals surface area contributed by atoms with E-state index in [-0.39, 0.29) is 0 Å². The Balaban J connectivity index is 1.88. The summed E-state index contributed by atoms with van der Waals surface area (Å²) in [6.07, 6.45) is 0.618. The van der Waals surface area contributed by atoms with E-state index >= 15 is 0 Å². The molecular weight excluding hydrogens is 206 g/mol. The number of ether oxygens (including phenoxy) is 2. The minimum atomic E-state index is -0.615. The molecule has 2 aliphatic rings. The summed E-state index contributed by atoms with van der Waals surface area (Å²) in [6.45, 7) is 2.48. The molecule has 1 saturated heterocycles. The van der Waals surface area contributed by atoms with Crippen LogP contribution in [0.15, 0.2) is 18.2 Å². The second-order valence-corrected chi connectivity index (χ2v) is 4.45. The highest BCUT2D eigenvalue weighted by Gasteiger charge is 2.35. The molecular formula is C12H15NO3. The molecule has 0 aliphatic carbocycles. The lowest BCUT2D eigenvalue weighted by molar-refractivity contribution is -0.00982. The fourth-order valence-electron chi connectivity index (χ4n) is 2.17. The van der Waals surface area contributed by atoms with E-state index in [1.54, 1.807) is 0 Å². The molecule has 4 heteroatoms. The van der Waals surface area contributed by atoms with E-state index in [2.05, 4.69) is 5.32 Å². The standard InChI is InChI=1S/C12H15NO3/c14-12(7-13-8-12)6-9-2-1-3-10-11(9)16-5-4-15-10/h1-3,13-14H,4-8H2. The maximum absolute atomic E-state index is 10.1. The molecule has 0 bridgehead atoms. The Bertz CT molecular complexity index is 401. The molecule has 0 unspecified atom stereocenters. The summed E-state index contributed by atoms with van der Waals surface area (Å²) in [5, 5.41) is 13.2. The molecule has 86 valence electrons. The summed E-state index contributed by atoms with van der Waals surface area (Å²) in [5.41, 5.74) is 0.414. The minimum absolute atomic E-state index is 0.584. The van der Waals surface area contributed by atoms with E-state index in [0.717, 1.165) is 17.1 Å². The van der Waals surface area contributed by atoms with Gasteiger partial charge in [-0.05, 0) is 6.07 Å². The van der Waals surface area contributed by atoms with Gasteiger partial charge in [0.05, 0.1) is 5.60 Å². The zero-order chi connectivity index (χ0) is 11.0. The van der Waals surface area contributed by atoms with E-state index in [0.29, 0.717) is 32.7 Å². The first-order chi connectivity index (χ1) is 7.77. The largest absolute Gasteiger partial charge is 0.486 e. The van der Waals surface area contributed by atoms with Gasteiger partial charge in [0.2, 0.25) is 0 Å². The van der Waals surface area contributed by atoms with Crippen LogP contribution in [0.5, 0.6) is 11.5 Å². The van der Waals surface area contributed by atoms with Gasteiger partial charge in [0, 0.05) is 25.1 Å². The number of hydrogen-bond acceptors (Lipinski definition) is 4. The normalized spacial score (nSPS) is 21.3. The first-order valence-corrected chi connectivity index (χ1v) is 5.57. The van der Waals surface area contributed by atoms with Crippen LogP contribution in [0.2, 0.25) is 0 Å². The van der Waals surface area contributed by atoms with Crippen molar-refractivity contribution < 1.29 is 14.6 Å². The van der Waals surface area contributed by atoms with Crippen molar-refractivity contribution in [3.8, 4) is 11.5 Å².